The number of likely N-dealkylation sites (N-methyl/N-ethyl adjacent to an activating group) is 1. The highest BCUT2D eigenvalue weighted by atomic mass is 15.3. The Bertz CT molecular complexity index is 302. The number of benzene rings is 1. The van der Waals surface area contributed by atoms with E-state index >= 15 is 0 Å². The van der Waals surface area contributed by atoms with Crippen molar-refractivity contribution in [1.29, 1.82) is 0 Å². The van der Waals surface area contributed by atoms with Gasteiger partial charge in [-0.2, -0.15) is 0 Å². The van der Waals surface area contributed by atoms with Gasteiger partial charge in [0.05, 0.1) is 0 Å². The summed E-state index contributed by atoms with van der Waals surface area (Å²) < 4.78 is 0. The average molecular weight is 248 g/mol. The van der Waals surface area contributed by atoms with Crippen LogP contribution in [0, 0.1) is 0 Å². The Morgan fingerprint density at radius 1 is 1.00 bits per heavy atom. The van der Waals surface area contributed by atoms with Gasteiger partial charge >= 0.3 is 0 Å². The molecular weight excluding hydrogens is 220 g/mol. The first-order valence-electron chi connectivity index (χ1n) is 7.29. The van der Waals surface area contributed by atoms with Crippen LogP contribution in [0.25, 0.3) is 0 Å². The fourth-order valence-electron chi connectivity index (χ4n) is 2.51. The third-order valence-corrected chi connectivity index (χ3v) is 3.55. The summed E-state index contributed by atoms with van der Waals surface area (Å²) in [4.78, 5) is 5.03. The van der Waals surface area contributed by atoms with Gasteiger partial charge in [0.25, 0.3) is 0 Å². The molecule has 1 fully saturated rings. The second-order valence-electron chi connectivity index (χ2n) is 4.67. The highest BCUT2D eigenvalue weighted by molar-refractivity contribution is 5.19. The van der Waals surface area contributed by atoms with Gasteiger partial charge in [-0.25, -0.2) is 0 Å². The van der Waals surface area contributed by atoms with Crippen LogP contribution in [0.4, 0.5) is 0 Å². The second-order valence-corrected chi connectivity index (χ2v) is 4.67. The van der Waals surface area contributed by atoms with E-state index in [-0.39, 0.29) is 0 Å². The van der Waals surface area contributed by atoms with Crippen LogP contribution >= 0.6 is 0 Å². The summed E-state index contributed by atoms with van der Waals surface area (Å²) in [5.41, 5.74) is 1.47. The minimum absolute atomic E-state index is 0.606. The normalized spacial score (nSPS) is 18.9. The number of rotatable bonds is 3. The van der Waals surface area contributed by atoms with Crippen LogP contribution < -0.4 is 0 Å². The van der Waals surface area contributed by atoms with Crippen molar-refractivity contribution in [2.24, 2.45) is 0 Å². The summed E-state index contributed by atoms with van der Waals surface area (Å²) >= 11 is 0. The molecule has 1 aliphatic rings. The zero-order valence-electron chi connectivity index (χ0n) is 12.4. The van der Waals surface area contributed by atoms with Crippen LogP contribution in [0.15, 0.2) is 30.3 Å². The SMILES string of the molecule is CC.CCC(c1ccccc1)N1CCN(C)CC1. The van der Waals surface area contributed by atoms with Crippen LogP contribution in [0.3, 0.4) is 0 Å². The Kier molecular flexibility index (Phi) is 6.99. The maximum atomic E-state index is 2.62. The standard InChI is InChI=1S/C14H22N2.C2H6/c1-3-14(13-7-5-4-6-8-13)16-11-9-15(2)10-12-16;1-2/h4-8,14H,3,9-12H2,1-2H3;1-2H3. The molecule has 2 rings (SSSR count). The molecule has 0 amide bonds. The zero-order valence-corrected chi connectivity index (χ0v) is 12.4. The summed E-state index contributed by atoms with van der Waals surface area (Å²) in [5, 5.41) is 0. The van der Waals surface area contributed by atoms with E-state index in [1.807, 2.05) is 13.8 Å². The Labute approximate surface area is 113 Å². The zero-order chi connectivity index (χ0) is 13.4. The lowest BCUT2D eigenvalue weighted by molar-refractivity contribution is 0.109. The highest BCUT2D eigenvalue weighted by Gasteiger charge is 2.21. The molecule has 2 heteroatoms. The molecule has 1 atom stereocenters. The Morgan fingerprint density at radius 3 is 2.06 bits per heavy atom. The Hall–Kier alpha value is -0.860. The molecule has 1 aliphatic heterocycles. The molecule has 1 unspecified atom stereocenters. The minimum Gasteiger partial charge on any atom is -0.304 e. The Morgan fingerprint density at radius 2 is 1.56 bits per heavy atom. The van der Waals surface area contributed by atoms with E-state index in [4.69, 9.17) is 0 Å². The van der Waals surface area contributed by atoms with Crippen LogP contribution in [-0.4, -0.2) is 43.0 Å². The van der Waals surface area contributed by atoms with Gasteiger partial charge in [0.1, 0.15) is 0 Å². The molecule has 0 bridgehead atoms. The van der Waals surface area contributed by atoms with Crippen molar-refractivity contribution in [2.45, 2.75) is 33.2 Å². The lowest BCUT2D eigenvalue weighted by atomic mass is 10.0. The largest absolute Gasteiger partial charge is 0.304 e. The third kappa shape index (κ3) is 4.11. The lowest BCUT2D eigenvalue weighted by Crippen LogP contribution is -2.45. The lowest BCUT2D eigenvalue weighted by Gasteiger charge is -2.37. The van der Waals surface area contributed by atoms with Gasteiger partial charge in [-0.3, -0.25) is 4.90 Å². The molecule has 0 saturated carbocycles. The molecule has 1 aromatic carbocycles. The molecule has 2 nitrogen and oxygen atoms in total. The maximum absolute atomic E-state index is 2.62. The van der Waals surface area contributed by atoms with Gasteiger partial charge in [0, 0.05) is 32.2 Å². The first-order chi connectivity index (χ1) is 8.81. The van der Waals surface area contributed by atoms with Crippen LogP contribution in [0.2, 0.25) is 0 Å². The Balaban J connectivity index is 0.000000771. The van der Waals surface area contributed by atoms with E-state index in [0.717, 1.165) is 0 Å². The predicted molar refractivity (Wildman–Crippen MR) is 79.9 cm³/mol. The van der Waals surface area contributed by atoms with Crippen molar-refractivity contribution in [2.75, 3.05) is 33.2 Å². The quantitative estimate of drug-likeness (QED) is 0.809. The van der Waals surface area contributed by atoms with Crippen molar-refractivity contribution in [3.63, 3.8) is 0 Å². The van der Waals surface area contributed by atoms with Gasteiger partial charge in [0.15, 0.2) is 0 Å². The van der Waals surface area contributed by atoms with Gasteiger partial charge in [-0.05, 0) is 19.0 Å². The highest BCUT2D eigenvalue weighted by Crippen LogP contribution is 2.24. The number of hydrogen-bond donors (Lipinski definition) is 0. The monoisotopic (exact) mass is 248 g/mol. The minimum atomic E-state index is 0.606. The fraction of sp³-hybridized carbons (Fsp3) is 0.625. The van der Waals surface area contributed by atoms with E-state index in [0.29, 0.717) is 6.04 Å². The van der Waals surface area contributed by atoms with Crippen molar-refractivity contribution in [3.05, 3.63) is 35.9 Å². The summed E-state index contributed by atoms with van der Waals surface area (Å²) in [7, 11) is 2.21. The van der Waals surface area contributed by atoms with E-state index in [1.165, 1.54) is 38.2 Å². The number of nitrogens with zero attached hydrogens (tertiary/aromatic N) is 2. The number of hydrogen-bond acceptors (Lipinski definition) is 2. The maximum Gasteiger partial charge on any atom is 0.0346 e. The number of piperazine rings is 1. The summed E-state index contributed by atoms with van der Waals surface area (Å²) in [6, 6.07) is 11.5. The molecule has 102 valence electrons. The topological polar surface area (TPSA) is 6.48 Å². The van der Waals surface area contributed by atoms with E-state index in [1.54, 1.807) is 0 Å². The molecule has 1 heterocycles. The van der Waals surface area contributed by atoms with Gasteiger partial charge in [-0.15, -0.1) is 0 Å². The molecule has 0 N–H and O–H groups in total. The molecule has 0 radical (unpaired) electrons. The third-order valence-electron chi connectivity index (χ3n) is 3.55. The second kappa shape index (κ2) is 8.28. The first kappa shape index (κ1) is 15.2. The molecule has 18 heavy (non-hydrogen) atoms. The van der Waals surface area contributed by atoms with E-state index in [2.05, 4.69) is 54.1 Å². The fourth-order valence-corrected chi connectivity index (χ4v) is 2.51. The predicted octanol–water partition coefficient (Wildman–Crippen LogP) is 3.41. The van der Waals surface area contributed by atoms with E-state index in [9.17, 15) is 0 Å². The van der Waals surface area contributed by atoms with Crippen molar-refractivity contribution in [1.82, 2.24) is 9.80 Å². The van der Waals surface area contributed by atoms with E-state index < -0.39 is 0 Å². The molecule has 0 aliphatic carbocycles. The van der Waals surface area contributed by atoms with Gasteiger partial charge < -0.3 is 4.90 Å². The average Bonchev–Trinajstić information content (AvgIpc) is 2.45. The van der Waals surface area contributed by atoms with Gasteiger partial charge in [0.2, 0.25) is 0 Å². The van der Waals surface area contributed by atoms with Crippen LogP contribution in [0.5, 0.6) is 0 Å². The van der Waals surface area contributed by atoms with Gasteiger partial charge in [-0.1, -0.05) is 51.1 Å². The molecule has 0 spiro atoms. The smallest absolute Gasteiger partial charge is 0.0346 e. The summed E-state index contributed by atoms with van der Waals surface area (Å²) in [6.07, 6.45) is 1.20. The molecule has 1 saturated heterocycles. The van der Waals surface area contributed by atoms with Crippen LogP contribution in [-0.2, 0) is 0 Å². The van der Waals surface area contributed by atoms with Crippen molar-refractivity contribution in [3.8, 4) is 0 Å². The summed E-state index contributed by atoms with van der Waals surface area (Å²) in [6.45, 7) is 11.1. The van der Waals surface area contributed by atoms with Crippen molar-refractivity contribution < 1.29 is 0 Å². The molecular formula is C16H28N2. The summed E-state index contributed by atoms with van der Waals surface area (Å²) in [5.74, 6) is 0. The molecule has 0 aromatic heterocycles. The van der Waals surface area contributed by atoms with Crippen LogP contribution in [0.1, 0.15) is 38.8 Å². The molecule has 1 aromatic rings. The van der Waals surface area contributed by atoms with Crippen molar-refractivity contribution >= 4 is 0 Å². The first-order valence-corrected chi connectivity index (χ1v) is 7.29.